The van der Waals surface area contributed by atoms with Crippen molar-refractivity contribution in [2.24, 2.45) is 0 Å². The Morgan fingerprint density at radius 2 is 1.69 bits per heavy atom. The molecule has 0 aromatic heterocycles. The van der Waals surface area contributed by atoms with Gasteiger partial charge in [0.1, 0.15) is 0 Å². The van der Waals surface area contributed by atoms with Crippen molar-refractivity contribution >= 4 is 29.3 Å². The number of carbonyl (C=O) groups is 3. The van der Waals surface area contributed by atoms with Crippen LogP contribution in [0.15, 0.2) is 48.5 Å². The van der Waals surface area contributed by atoms with E-state index in [1.807, 2.05) is 11.0 Å². The van der Waals surface area contributed by atoms with Crippen molar-refractivity contribution in [3.8, 4) is 0 Å². The third-order valence-corrected chi connectivity index (χ3v) is 4.86. The van der Waals surface area contributed by atoms with Crippen molar-refractivity contribution in [1.29, 1.82) is 0 Å². The minimum Gasteiger partial charge on any atom is -0.481 e. The molecule has 0 atom stereocenters. The maximum absolute atomic E-state index is 12.8. The molecule has 0 saturated carbocycles. The summed E-state index contributed by atoms with van der Waals surface area (Å²) in [7, 11) is 0. The lowest BCUT2D eigenvalue weighted by Gasteiger charge is -2.27. The molecule has 3 rings (SSSR count). The molecular weight excluding hydrogens is 370 g/mol. The summed E-state index contributed by atoms with van der Waals surface area (Å²) >= 11 is 0. The van der Waals surface area contributed by atoms with Crippen LogP contribution in [0.25, 0.3) is 0 Å². The van der Waals surface area contributed by atoms with Gasteiger partial charge in [0.25, 0.3) is 5.91 Å². The second-order valence-electron chi connectivity index (χ2n) is 7.07. The number of nitrogens with one attached hydrogen (secondary N) is 2. The molecular formula is C22H25N3O4. The molecule has 1 saturated heterocycles. The molecule has 0 spiro atoms. The molecule has 1 heterocycles. The van der Waals surface area contributed by atoms with Crippen molar-refractivity contribution in [1.82, 2.24) is 4.90 Å². The Morgan fingerprint density at radius 1 is 0.931 bits per heavy atom. The average Bonchev–Trinajstić information content (AvgIpc) is 2.73. The van der Waals surface area contributed by atoms with Gasteiger partial charge in [0.05, 0.1) is 11.3 Å². The highest BCUT2D eigenvalue weighted by Gasteiger charge is 2.21. The van der Waals surface area contributed by atoms with Crippen LogP contribution in [-0.2, 0) is 11.2 Å². The number of nitrogens with zero attached hydrogens (tertiary/aromatic N) is 1. The van der Waals surface area contributed by atoms with E-state index in [9.17, 15) is 14.4 Å². The number of para-hydroxylation sites is 1. The predicted molar refractivity (Wildman–Crippen MR) is 111 cm³/mol. The zero-order valence-electron chi connectivity index (χ0n) is 16.2. The molecule has 0 aliphatic carbocycles. The molecule has 29 heavy (non-hydrogen) atoms. The van der Waals surface area contributed by atoms with Crippen LogP contribution in [0.5, 0.6) is 0 Å². The normalized spacial score (nSPS) is 13.6. The van der Waals surface area contributed by atoms with Crippen molar-refractivity contribution in [3.63, 3.8) is 0 Å². The first-order valence-electron chi connectivity index (χ1n) is 9.80. The largest absolute Gasteiger partial charge is 0.481 e. The number of urea groups is 1. The summed E-state index contributed by atoms with van der Waals surface area (Å²) < 4.78 is 0. The summed E-state index contributed by atoms with van der Waals surface area (Å²) in [5, 5.41) is 14.3. The lowest BCUT2D eigenvalue weighted by Crippen LogP contribution is -2.36. The molecule has 152 valence electrons. The number of likely N-dealkylation sites (tertiary alicyclic amines) is 1. The predicted octanol–water partition coefficient (Wildman–Crippen LogP) is 3.97. The van der Waals surface area contributed by atoms with Gasteiger partial charge in [-0.1, -0.05) is 24.3 Å². The molecule has 0 unspecified atom stereocenters. The van der Waals surface area contributed by atoms with E-state index < -0.39 is 12.0 Å². The summed E-state index contributed by atoms with van der Waals surface area (Å²) in [6.45, 7) is 1.48. The van der Waals surface area contributed by atoms with Crippen LogP contribution in [-0.4, -0.2) is 41.0 Å². The van der Waals surface area contributed by atoms with Gasteiger partial charge in [-0.3, -0.25) is 9.59 Å². The van der Waals surface area contributed by atoms with Gasteiger partial charge in [-0.05, 0) is 55.5 Å². The van der Waals surface area contributed by atoms with Gasteiger partial charge in [0.15, 0.2) is 0 Å². The van der Waals surface area contributed by atoms with Crippen LogP contribution in [0.2, 0.25) is 0 Å². The Labute approximate surface area is 169 Å². The van der Waals surface area contributed by atoms with Crippen LogP contribution in [0.3, 0.4) is 0 Å². The van der Waals surface area contributed by atoms with Gasteiger partial charge in [-0.15, -0.1) is 0 Å². The number of aryl methyl sites for hydroxylation is 1. The van der Waals surface area contributed by atoms with Crippen LogP contribution in [0.4, 0.5) is 16.2 Å². The molecule has 7 nitrogen and oxygen atoms in total. The summed E-state index contributed by atoms with van der Waals surface area (Å²) in [4.78, 5) is 37.9. The van der Waals surface area contributed by atoms with Crippen molar-refractivity contribution in [2.45, 2.75) is 32.1 Å². The van der Waals surface area contributed by atoms with Gasteiger partial charge < -0.3 is 20.6 Å². The van der Waals surface area contributed by atoms with Gasteiger partial charge in [0, 0.05) is 25.2 Å². The van der Waals surface area contributed by atoms with Crippen LogP contribution in [0.1, 0.15) is 41.6 Å². The Balaban J connectivity index is 1.66. The van der Waals surface area contributed by atoms with Crippen LogP contribution in [0, 0.1) is 0 Å². The van der Waals surface area contributed by atoms with Crippen LogP contribution >= 0.6 is 0 Å². The van der Waals surface area contributed by atoms with Gasteiger partial charge in [0.2, 0.25) is 0 Å². The van der Waals surface area contributed by atoms with E-state index in [1.165, 1.54) is 0 Å². The van der Waals surface area contributed by atoms with Crippen molar-refractivity contribution in [3.05, 3.63) is 59.7 Å². The fraction of sp³-hybridized carbons (Fsp3) is 0.318. The van der Waals surface area contributed by atoms with E-state index in [0.717, 1.165) is 37.9 Å². The molecule has 3 N–H and O–H groups in total. The lowest BCUT2D eigenvalue weighted by molar-refractivity contribution is -0.136. The maximum Gasteiger partial charge on any atom is 0.323 e. The number of anilines is 2. The highest BCUT2D eigenvalue weighted by molar-refractivity contribution is 6.06. The zero-order chi connectivity index (χ0) is 20.6. The number of rotatable bonds is 6. The van der Waals surface area contributed by atoms with E-state index in [0.29, 0.717) is 23.4 Å². The number of amides is 3. The molecule has 7 heteroatoms. The number of carbonyl (C=O) groups excluding carboxylic acids is 2. The topological polar surface area (TPSA) is 98.7 Å². The van der Waals surface area contributed by atoms with E-state index in [4.69, 9.17) is 5.11 Å². The first-order chi connectivity index (χ1) is 14.0. The van der Waals surface area contributed by atoms with Crippen LogP contribution < -0.4 is 10.6 Å². The summed E-state index contributed by atoms with van der Waals surface area (Å²) in [6.07, 6.45) is 3.55. The fourth-order valence-corrected chi connectivity index (χ4v) is 3.39. The summed E-state index contributed by atoms with van der Waals surface area (Å²) in [5.41, 5.74) is 2.32. The van der Waals surface area contributed by atoms with E-state index >= 15 is 0 Å². The number of piperidine rings is 1. The van der Waals surface area contributed by atoms with Gasteiger partial charge >= 0.3 is 12.0 Å². The van der Waals surface area contributed by atoms with Crippen molar-refractivity contribution in [2.75, 3.05) is 23.7 Å². The Hall–Kier alpha value is -3.35. The third kappa shape index (κ3) is 5.81. The standard InChI is InChI=1S/C22H25N3O4/c26-20(27)12-11-16-7-6-8-17(15-16)23-22(29)24-19-10-3-2-9-18(19)21(28)25-13-4-1-5-14-25/h2-3,6-10,15H,1,4-5,11-14H2,(H,26,27)(H2,23,24,29). The number of carboxylic acids is 1. The van der Waals surface area contributed by atoms with Gasteiger partial charge in [-0.2, -0.15) is 0 Å². The molecule has 2 aromatic carbocycles. The van der Waals surface area contributed by atoms with Crippen molar-refractivity contribution < 1.29 is 19.5 Å². The number of aliphatic carboxylic acids is 1. The molecule has 3 amide bonds. The van der Waals surface area contributed by atoms with E-state index in [1.54, 1.807) is 42.5 Å². The number of benzene rings is 2. The Morgan fingerprint density at radius 3 is 2.45 bits per heavy atom. The third-order valence-electron chi connectivity index (χ3n) is 4.86. The number of hydrogen-bond donors (Lipinski definition) is 3. The lowest BCUT2D eigenvalue weighted by atomic mass is 10.1. The highest BCUT2D eigenvalue weighted by atomic mass is 16.4. The molecule has 0 radical (unpaired) electrons. The minimum absolute atomic E-state index is 0.0294. The average molecular weight is 395 g/mol. The number of hydrogen-bond acceptors (Lipinski definition) is 3. The smallest absolute Gasteiger partial charge is 0.323 e. The first kappa shape index (κ1) is 20.4. The molecule has 1 fully saturated rings. The molecule has 0 bridgehead atoms. The van der Waals surface area contributed by atoms with E-state index in [2.05, 4.69) is 10.6 Å². The Bertz CT molecular complexity index is 891. The Kier molecular flexibility index (Phi) is 6.84. The molecule has 2 aromatic rings. The maximum atomic E-state index is 12.8. The second-order valence-corrected chi connectivity index (χ2v) is 7.07. The summed E-state index contributed by atoms with van der Waals surface area (Å²) in [6, 6.07) is 13.6. The summed E-state index contributed by atoms with van der Waals surface area (Å²) in [5.74, 6) is -0.938. The second kappa shape index (κ2) is 9.73. The quantitative estimate of drug-likeness (QED) is 0.689. The fourth-order valence-electron chi connectivity index (χ4n) is 3.39. The van der Waals surface area contributed by atoms with E-state index in [-0.39, 0.29) is 12.3 Å². The number of carboxylic acid groups (broad SMARTS) is 1. The zero-order valence-corrected chi connectivity index (χ0v) is 16.2. The highest BCUT2D eigenvalue weighted by Crippen LogP contribution is 2.20. The SMILES string of the molecule is O=C(O)CCc1cccc(NC(=O)Nc2ccccc2C(=O)N2CCCCC2)c1. The minimum atomic E-state index is -0.865. The molecule has 1 aliphatic rings. The monoisotopic (exact) mass is 395 g/mol. The first-order valence-corrected chi connectivity index (χ1v) is 9.80. The van der Waals surface area contributed by atoms with Gasteiger partial charge in [-0.25, -0.2) is 4.79 Å². The molecule has 1 aliphatic heterocycles.